The van der Waals surface area contributed by atoms with E-state index in [1.807, 2.05) is 0 Å². The lowest BCUT2D eigenvalue weighted by Gasteiger charge is -2.36. The lowest BCUT2D eigenvalue weighted by Crippen LogP contribution is -2.49. The zero-order valence-electron chi connectivity index (χ0n) is 10.3. The molecule has 2 atom stereocenters. The number of aliphatic carboxylic acids is 1. The van der Waals surface area contributed by atoms with Gasteiger partial charge >= 0.3 is 5.97 Å². The van der Waals surface area contributed by atoms with Crippen LogP contribution in [0.15, 0.2) is 0 Å². The van der Waals surface area contributed by atoms with E-state index in [0.29, 0.717) is 32.0 Å². The average molecular weight is 244 g/mol. The number of nitrogens with one attached hydrogen (secondary N) is 1. The number of ether oxygens (including phenoxy) is 1. The molecule has 1 heterocycles. The molecule has 0 aromatic heterocycles. The van der Waals surface area contributed by atoms with Gasteiger partial charge in [0, 0.05) is 25.6 Å². The van der Waals surface area contributed by atoms with Crippen molar-refractivity contribution >= 4 is 12.4 Å². The number of nitrogens with zero attached hydrogens (tertiary/aromatic N) is 1. The summed E-state index contributed by atoms with van der Waals surface area (Å²) in [7, 11) is 0. The van der Waals surface area contributed by atoms with E-state index in [9.17, 15) is 9.59 Å². The highest BCUT2D eigenvalue weighted by atomic mass is 16.5. The van der Waals surface area contributed by atoms with Crippen LogP contribution < -0.4 is 5.32 Å². The quantitative estimate of drug-likeness (QED) is 0.626. The number of hydrogen-bond acceptors (Lipinski definition) is 4. The minimum atomic E-state index is -1.03. The Kier molecular flexibility index (Phi) is 5.37. The Morgan fingerprint density at radius 1 is 1.65 bits per heavy atom. The molecule has 0 aromatic carbocycles. The standard InChI is InChI=1S/C11H20N2O4/c1-8(2)13-3-4-17-9(6-13)5-10(11(15)16)12-7-14/h7-10H,3-6H2,1-2H3,(H,12,14)(H,15,16). The summed E-state index contributed by atoms with van der Waals surface area (Å²) >= 11 is 0. The first kappa shape index (κ1) is 13.9. The van der Waals surface area contributed by atoms with Crippen LogP contribution >= 0.6 is 0 Å². The van der Waals surface area contributed by atoms with Crippen molar-refractivity contribution in [2.45, 2.75) is 38.5 Å². The van der Waals surface area contributed by atoms with Gasteiger partial charge in [0.2, 0.25) is 6.41 Å². The lowest BCUT2D eigenvalue weighted by molar-refractivity contribution is -0.142. The molecule has 98 valence electrons. The van der Waals surface area contributed by atoms with Gasteiger partial charge in [0.05, 0.1) is 12.7 Å². The molecule has 0 aliphatic carbocycles. The Labute approximate surface area is 101 Å². The normalized spacial score (nSPS) is 23.4. The predicted molar refractivity (Wildman–Crippen MR) is 61.7 cm³/mol. The Hall–Kier alpha value is -1.14. The van der Waals surface area contributed by atoms with Crippen molar-refractivity contribution in [2.24, 2.45) is 0 Å². The fourth-order valence-corrected chi connectivity index (χ4v) is 1.94. The molecule has 0 spiro atoms. The second-order valence-electron chi connectivity index (χ2n) is 4.49. The van der Waals surface area contributed by atoms with Crippen LogP contribution in [-0.4, -0.2) is 60.3 Å². The predicted octanol–water partition coefficient (Wildman–Crippen LogP) is -0.315. The van der Waals surface area contributed by atoms with Crippen LogP contribution in [0.2, 0.25) is 0 Å². The van der Waals surface area contributed by atoms with Crippen molar-refractivity contribution in [1.29, 1.82) is 0 Å². The maximum atomic E-state index is 10.9. The topological polar surface area (TPSA) is 78.9 Å². The van der Waals surface area contributed by atoms with Crippen LogP contribution in [0.1, 0.15) is 20.3 Å². The molecule has 1 aliphatic heterocycles. The van der Waals surface area contributed by atoms with Crippen LogP contribution in [0.4, 0.5) is 0 Å². The molecule has 2 unspecified atom stereocenters. The van der Waals surface area contributed by atoms with Crippen molar-refractivity contribution in [3.05, 3.63) is 0 Å². The van der Waals surface area contributed by atoms with E-state index < -0.39 is 12.0 Å². The summed E-state index contributed by atoms with van der Waals surface area (Å²) in [4.78, 5) is 23.4. The summed E-state index contributed by atoms with van der Waals surface area (Å²) in [6.45, 7) is 6.38. The zero-order valence-corrected chi connectivity index (χ0v) is 10.3. The summed E-state index contributed by atoms with van der Waals surface area (Å²) in [6.07, 6.45) is 0.582. The number of rotatable bonds is 6. The summed E-state index contributed by atoms with van der Waals surface area (Å²) in [6, 6.07) is -0.451. The number of carboxylic acid groups (broad SMARTS) is 1. The third kappa shape index (κ3) is 4.32. The van der Waals surface area contributed by atoms with Gasteiger partial charge in [-0.05, 0) is 13.8 Å². The number of hydrogen-bond donors (Lipinski definition) is 2. The van der Waals surface area contributed by atoms with E-state index in [-0.39, 0.29) is 6.10 Å². The Balaban J connectivity index is 2.48. The van der Waals surface area contributed by atoms with E-state index in [4.69, 9.17) is 9.84 Å². The number of carbonyl (C=O) groups excluding carboxylic acids is 1. The Bertz CT molecular complexity index is 270. The van der Waals surface area contributed by atoms with Crippen molar-refractivity contribution < 1.29 is 19.4 Å². The molecule has 0 bridgehead atoms. The molecule has 0 radical (unpaired) electrons. The van der Waals surface area contributed by atoms with Crippen molar-refractivity contribution in [3.63, 3.8) is 0 Å². The molecule has 1 aliphatic rings. The van der Waals surface area contributed by atoms with Crippen LogP contribution in [0.3, 0.4) is 0 Å². The molecule has 1 rings (SSSR count). The SMILES string of the molecule is CC(C)N1CCOC(CC(NC=O)C(=O)O)C1. The highest BCUT2D eigenvalue weighted by Crippen LogP contribution is 2.13. The zero-order chi connectivity index (χ0) is 12.8. The third-order valence-electron chi connectivity index (χ3n) is 2.97. The van der Waals surface area contributed by atoms with Gasteiger partial charge in [0.1, 0.15) is 6.04 Å². The molecule has 6 heteroatoms. The molecule has 2 N–H and O–H groups in total. The van der Waals surface area contributed by atoms with Crippen molar-refractivity contribution in [2.75, 3.05) is 19.7 Å². The van der Waals surface area contributed by atoms with Crippen LogP contribution in [0.5, 0.6) is 0 Å². The van der Waals surface area contributed by atoms with Gasteiger partial charge in [0.25, 0.3) is 0 Å². The third-order valence-corrected chi connectivity index (χ3v) is 2.97. The number of carbonyl (C=O) groups is 2. The molecule has 6 nitrogen and oxygen atoms in total. The van der Waals surface area contributed by atoms with Gasteiger partial charge in [-0.3, -0.25) is 9.69 Å². The van der Waals surface area contributed by atoms with Crippen LogP contribution in [0.25, 0.3) is 0 Å². The molecule has 17 heavy (non-hydrogen) atoms. The fourth-order valence-electron chi connectivity index (χ4n) is 1.94. The van der Waals surface area contributed by atoms with Gasteiger partial charge in [-0.25, -0.2) is 4.79 Å². The smallest absolute Gasteiger partial charge is 0.326 e. The van der Waals surface area contributed by atoms with Crippen LogP contribution in [0, 0.1) is 0 Å². The second kappa shape index (κ2) is 6.56. The molecule has 1 amide bonds. The Morgan fingerprint density at radius 3 is 2.88 bits per heavy atom. The molecule has 1 fully saturated rings. The maximum absolute atomic E-state index is 10.9. The van der Waals surface area contributed by atoms with E-state index in [1.165, 1.54) is 0 Å². The second-order valence-corrected chi connectivity index (χ2v) is 4.49. The van der Waals surface area contributed by atoms with Gasteiger partial charge in [-0.1, -0.05) is 0 Å². The summed E-state index contributed by atoms with van der Waals surface area (Å²) in [5.41, 5.74) is 0. The first-order valence-electron chi connectivity index (χ1n) is 5.82. The number of morpholine rings is 1. The minimum Gasteiger partial charge on any atom is -0.480 e. The highest BCUT2D eigenvalue weighted by Gasteiger charge is 2.27. The monoisotopic (exact) mass is 244 g/mol. The first-order chi connectivity index (χ1) is 8.04. The largest absolute Gasteiger partial charge is 0.480 e. The molecular formula is C11H20N2O4. The summed E-state index contributed by atoms with van der Waals surface area (Å²) in [5, 5.41) is 11.2. The van der Waals surface area contributed by atoms with Gasteiger partial charge in [-0.2, -0.15) is 0 Å². The fraction of sp³-hybridized carbons (Fsp3) is 0.818. The molecule has 1 saturated heterocycles. The molecule has 0 saturated carbocycles. The summed E-state index contributed by atoms with van der Waals surface area (Å²) < 4.78 is 5.52. The van der Waals surface area contributed by atoms with Gasteiger partial charge in [-0.15, -0.1) is 0 Å². The number of amides is 1. The summed E-state index contributed by atoms with van der Waals surface area (Å²) in [5.74, 6) is -1.03. The van der Waals surface area contributed by atoms with Gasteiger partial charge in [0.15, 0.2) is 0 Å². The lowest BCUT2D eigenvalue weighted by atomic mass is 10.1. The van der Waals surface area contributed by atoms with E-state index >= 15 is 0 Å². The van der Waals surface area contributed by atoms with E-state index in [0.717, 1.165) is 6.54 Å². The van der Waals surface area contributed by atoms with E-state index in [2.05, 4.69) is 24.1 Å². The minimum absolute atomic E-state index is 0.139. The molecule has 0 aromatic rings. The molecular weight excluding hydrogens is 224 g/mol. The highest BCUT2D eigenvalue weighted by molar-refractivity contribution is 5.76. The number of carboxylic acids is 1. The maximum Gasteiger partial charge on any atom is 0.326 e. The first-order valence-corrected chi connectivity index (χ1v) is 5.82. The average Bonchev–Trinajstić information content (AvgIpc) is 2.28. The van der Waals surface area contributed by atoms with Crippen molar-refractivity contribution in [3.8, 4) is 0 Å². The van der Waals surface area contributed by atoms with Crippen molar-refractivity contribution in [1.82, 2.24) is 10.2 Å². The van der Waals surface area contributed by atoms with Gasteiger partial charge < -0.3 is 15.2 Å². The van der Waals surface area contributed by atoms with E-state index in [1.54, 1.807) is 0 Å². The Morgan fingerprint density at radius 2 is 2.35 bits per heavy atom. The van der Waals surface area contributed by atoms with Crippen LogP contribution in [-0.2, 0) is 14.3 Å².